The summed E-state index contributed by atoms with van der Waals surface area (Å²) < 4.78 is 2.11. The molecular weight excluding hydrogens is 473 g/mol. The summed E-state index contributed by atoms with van der Waals surface area (Å²) in [5.74, 6) is 0.911. The summed E-state index contributed by atoms with van der Waals surface area (Å²) in [7, 11) is 0. The fraction of sp³-hybridized carbons (Fsp3) is 0.192. The van der Waals surface area contributed by atoms with Gasteiger partial charge in [0.1, 0.15) is 12.1 Å². The van der Waals surface area contributed by atoms with Crippen LogP contribution in [-0.2, 0) is 17.6 Å². The van der Waals surface area contributed by atoms with Crippen LogP contribution in [0.25, 0.3) is 5.69 Å². The molecule has 3 aromatic carbocycles. The molecule has 4 aromatic rings. The Bertz CT molecular complexity index is 1160. The van der Waals surface area contributed by atoms with E-state index >= 15 is 0 Å². The summed E-state index contributed by atoms with van der Waals surface area (Å²) in [6.07, 6.45) is 3.10. The molecular formula is C26H23Cl2N3OS. The van der Waals surface area contributed by atoms with Crippen LogP contribution in [0, 0.1) is 0 Å². The third kappa shape index (κ3) is 5.67. The molecule has 0 saturated heterocycles. The number of aromatic nitrogens is 3. The number of halogens is 2. The van der Waals surface area contributed by atoms with Crippen molar-refractivity contribution in [1.82, 2.24) is 14.8 Å². The molecule has 0 saturated carbocycles. The van der Waals surface area contributed by atoms with Gasteiger partial charge < -0.3 is 4.79 Å². The van der Waals surface area contributed by atoms with Crippen LogP contribution >= 0.6 is 35.0 Å². The summed E-state index contributed by atoms with van der Waals surface area (Å²) in [6, 6.07) is 23.8. The van der Waals surface area contributed by atoms with Crippen molar-refractivity contribution in [2.75, 3.05) is 0 Å². The van der Waals surface area contributed by atoms with Crippen molar-refractivity contribution in [2.24, 2.45) is 0 Å². The number of aldehydes is 1. The molecule has 4 rings (SSSR count). The average molecular weight is 496 g/mol. The highest BCUT2D eigenvalue weighted by Crippen LogP contribution is 2.41. The molecule has 0 N–H and O–H groups in total. The number of hydrogen-bond acceptors (Lipinski definition) is 4. The van der Waals surface area contributed by atoms with E-state index in [0.29, 0.717) is 16.5 Å². The molecule has 0 amide bonds. The van der Waals surface area contributed by atoms with Crippen molar-refractivity contribution in [3.63, 3.8) is 0 Å². The van der Waals surface area contributed by atoms with Crippen molar-refractivity contribution < 1.29 is 4.79 Å². The van der Waals surface area contributed by atoms with E-state index in [1.165, 1.54) is 0 Å². The van der Waals surface area contributed by atoms with Crippen molar-refractivity contribution in [3.8, 4) is 5.69 Å². The summed E-state index contributed by atoms with van der Waals surface area (Å²) in [5.41, 5.74) is 4.18. The number of carbonyl (C=O) groups excluding carboxylic acids is 1. The third-order valence-electron chi connectivity index (χ3n) is 5.26. The Balaban J connectivity index is 1.76. The number of carbonyl (C=O) groups is 1. The smallest absolute Gasteiger partial charge is 0.196 e. The van der Waals surface area contributed by atoms with E-state index in [-0.39, 0.29) is 5.25 Å². The van der Waals surface area contributed by atoms with Crippen LogP contribution < -0.4 is 0 Å². The Morgan fingerprint density at radius 1 is 0.879 bits per heavy atom. The fourth-order valence-corrected chi connectivity index (χ4v) is 5.06. The van der Waals surface area contributed by atoms with Gasteiger partial charge in [0.05, 0.1) is 5.25 Å². The maximum Gasteiger partial charge on any atom is 0.196 e. The van der Waals surface area contributed by atoms with Crippen LogP contribution in [0.5, 0.6) is 0 Å². The molecule has 0 aliphatic heterocycles. The Hall–Kier alpha value is -2.60. The first kappa shape index (κ1) is 23.6. The summed E-state index contributed by atoms with van der Waals surface area (Å²) in [5, 5.41) is 11.2. The Kier molecular flexibility index (Phi) is 7.86. The van der Waals surface area contributed by atoms with Gasteiger partial charge in [-0.3, -0.25) is 4.57 Å². The number of nitrogens with zero attached hydrogens (tertiary/aromatic N) is 3. The minimum Gasteiger partial charge on any atom is -0.303 e. The number of thioether (sulfide) groups is 1. The summed E-state index contributed by atoms with van der Waals surface area (Å²) in [4.78, 5) is 10.9. The van der Waals surface area contributed by atoms with Crippen LogP contribution in [0.3, 0.4) is 0 Å². The van der Waals surface area contributed by atoms with Crippen LogP contribution in [0.1, 0.15) is 41.1 Å². The molecule has 168 valence electrons. The second-order valence-electron chi connectivity index (χ2n) is 7.62. The lowest BCUT2D eigenvalue weighted by Gasteiger charge is -2.19. The molecule has 0 unspecified atom stereocenters. The Labute approximate surface area is 208 Å². The molecule has 0 bridgehead atoms. The molecule has 7 heteroatoms. The number of hydrogen-bond donors (Lipinski definition) is 0. The SMILES string of the molecule is CCCc1nnc(SC(c2ccc(Cl)cc2)c2ccc(Cl)cc2)n1-c1ccc(CC=O)cc1. The second kappa shape index (κ2) is 11.0. The molecule has 1 aromatic heterocycles. The Morgan fingerprint density at radius 3 is 1.97 bits per heavy atom. The lowest BCUT2D eigenvalue weighted by Crippen LogP contribution is -2.05. The van der Waals surface area contributed by atoms with E-state index in [2.05, 4.69) is 21.7 Å². The maximum atomic E-state index is 10.9. The molecule has 0 radical (unpaired) electrons. The van der Waals surface area contributed by atoms with Crippen molar-refractivity contribution in [3.05, 3.63) is 105 Å². The normalized spacial score (nSPS) is 11.2. The second-order valence-corrected chi connectivity index (χ2v) is 9.57. The zero-order valence-corrected chi connectivity index (χ0v) is 20.4. The molecule has 33 heavy (non-hydrogen) atoms. The van der Waals surface area contributed by atoms with Crippen molar-refractivity contribution >= 4 is 41.2 Å². The minimum atomic E-state index is -0.0219. The quantitative estimate of drug-likeness (QED) is 0.182. The largest absolute Gasteiger partial charge is 0.303 e. The Morgan fingerprint density at radius 2 is 1.45 bits per heavy atom. The van der Waals surface area contributed by atoms with Gasteiger partial charge in [0.2, 0.25) is 0 Å². The van der Waals surface area contributed by atoms with E-state index in [9.17, 15) is 4.79 Å². The molecule has 1 heterocycles. The highest BCUT2D eigenvalue weighted by atomic mass is 35.5. The van der Waals surface area contributed by atoms with Gasteiger partial charge in [-0.2, -0.15) is 0 Å². The van der Waals surface area contributed by atoms with E-state index in [1.807, 2.05) is 72.8 Å². The number of rotatable bonds is 9. The lowest BCUT2D eigenvalue weighted by atomic mass is 10.0. The van der Waals surface area contributed by atoms with Crippen LogP contribution in [0.15, 0.2) is 78.0 Å². The first-order valence-corrected chi connectivity index (χ1v) is 12.4. The predicted molar refractivity (Wildman–Crippen MR) is 136 cm³/mol. The molecule has 0 atom stereocenters. The van der Waals surface area contributed by atoms with Gasteiger partial charge in [-0.05, 0) is 59.5 Å². The van der Waals surface area contributed by atoms with Crippen molar-refractivity contribution in [2.45, 2.75) is 36.6 Å². The van der Waals surface area contributed by atoms with E-state index in [0.717, 1.165) is 52.5 Å². The summed E-state index contributed by atoms with van der Waals surface area (Å²) in [6.45, 7) is 2.13. The standard InChI is InChI=1S/C26H23Cl2N3OS/c1-2-3-24-29-30-26(31(24)23-14-4-18(5-15-23)16-17-32)33-25(19-6-10-21(27)11-7-19)20-8-12-22(28)13-9-20/h4-15,17,25H,2-3,16H2,1H3. The van der Waals surface area contributed by atoms with E-state index in [1.54, 1.807) is 11.8 Å². The molecule has 0 spiro atoms. The first-order chi connectivity index (χ1) is 16.1. The summed E-state index contributed by atoms with van der Waals surface area (Å²) >= 11 is 13.9. The third-order valence-corrected chi connectivity index (χ3v) is 7.02. The van der Waals surface area contributed by atoms with Gasteiger partial charge in [-0.1, -0.05) is 78.3 Å². The molecule has 0 fully saturated rings. The fourth-order valence-electron chi connectivity index (χ4n) is 3.61. The monoisotopic (exact) mass is 495 g/mol. The maximum absolute atomic E-state index is 10.9. The first-order valence-electron chi connectivity index (χ1n) is 10.7. The van der Waals surface area contributed by atoms with E-state index < -0.39 is 0 Å². The highest BCUT2D eigenvalue weighted by Gasteiger charge is 2.22. The zero-order chi connectivity index (χ0) is 23.2. The van der Waals surface area contributed by atoms with Gasteiger partial charge >= 0.3 is 0 Å². The van der Waals surface area contributed by atoms with Gasteiger partial charge in [0, 0.05) is 28.6 Å². The minimum absolute atomic E-state index is 0.0219. The molecule has 4 nitrogen and oxygen atoms in total. The molecule has 0 aliphatic rings. The van der Waals surface area contributed by atoms with Crippen molar-refractivity contribution in [1.29, 1.82) is 0 Å². The van der Waals surface area contributed by atoms with Gasteiger partial charge in [0.15, 0.2) is 5.16 Å². The highest BCUT2D eigenvalue weighted by molar-refractivity contribution is 7.99. The van der Waals surface area contributed by atoms with Crippen LogP contribution in [0.2, 0.25) is 10.0 Å². The number of aryl methyl sites for hydroxylation is 1. The number of benzene rings is 3. The average Bonchev–Trinajstić information content (AvgIpc) is 3.22. The van der Waals surface area contributed by atoms with Gasteiger partial charge in [0.25, 0.3) is 0 Å². The topological polar surface area (TPSA) is 47.8 Å². The lowest BCUT2D eigenvalue weighted by molar-refractivity contribution is -0.107. The van der Waals surface area contributed by atoms with Crippen LogP contribution in [0.4, 0.5) is 0 Å². The van der Waals surface area contributed by atoms with Gasteiger partial charge in [-0.25, -0.2) is 0 Å². The van der Waals surface area contributed by atoms with Gasteiger partial charge in [-0.15, -0.1) is 10.2 Å². The molecule has 0 aliphatic carbocycles. The van der Waals surface area contributed by atoms with E-state index in [4.69, 9.17) is 23.2 Å². The van der Waals surface area contributed by atoms with Crippen LogP contribution in [-0.4, -0.2) is 21.1 Å². The predicted octanol–water partition coefficient (Wildman–Crippen LogP) is 7.15. The zero-order valence-electron chi connectivity index (χ0n) is 18.1.